The third kappa shape index (κ3) is 8.24. The van der Waals surface area contributed by atoms with Gasteiger partial charge in [-0.3, -0.25) is 9.79 Å². The summed E-state index contributed by atoms with van der Waals surface area (Å²) in [6.07, 6.45) is 2.19. The molecule has 1 amide bonds. The van der Waals surface area contributed by atoms with Gasteiger partial charge in [0.15, 0.2) is 5.96 Å². The molecule has 1 aliphatic rings. The number of para-hydroxylation sites is 1. The Hall–Kier alpha value is -1.51. The van der Waals surface area contributed by atoms with E-state index in [2.05, 4.69) is 27.4 Å². The summed E-state index contributed by atoms with van der Waals surface area (Å²) in [5, 5.41) is 6.30. The minimum atomic E-state index is -0.366. The summed E-state index contributed by atoms with van der Waals surface area (Å²) in [7, 11) is 0. The van der Waals surface area contributed by atoms with Crippen LogP contribution in [0.25, 0.3) is 0 Å². The smallest absolute Gasteiger partial charge is 0.225 e. The van der Waals surface area contributed by atoms with Gasteiger partial charge in [0, 0.05) is 44.4 Å². The number of nitrogens with one attached hydrogen (secondary N) is 2. The maximum absolute atomic E-state index is 11.9. The van der Waals surface area contributed by atoms with Crippen LogP contribution in [0.1, 0.15) is 40.5 Å². The fourth-order valence-corrected chi connectivity index (χ4v) is 2.90. The zero-order chi connectivity index (χ0) is 19.7. The zero-order valence-corrected chi connectivity index (χ0v) is 19.9. The van der Waals surface area contributed by atoms with Gasteiger partial charge in [0.25, 0.3) is 0 Å². The second kappa shape index (κ2) is 12.1. The van der Waals surface area contributed by atoms with E-state index in [1.807, 2.05) is 51.1 Å². The van der Waals surface area contributed by atoms with Crippen molar-refractivity contribution in [1.29, 1.82) is 0 Å². The van der Waals surface area contributed by atoms with Gasteiger partial charge in [-0.05, 0) is 19.1 Å². The van der Waals surface area contributed by atoms with Crippen LogP contribution in [0, 0.1) is 5.41 Å². The summed E-state index contributed by atoms with van der Waals surface area (Å²) >= 11 is 0. The molecule has 0 radical (unpaired) electrons. The Labute approximate surface area is 186 Å². The Kier molecular flexibility index (Phi) is 10.6. The Bertz CT molecular complexity index is 609. The molecule has 1 heterocycles. The van der Waals surface area contributed by atoms with Crippen LogP contribution < -0.4 is 15.4 Å². The lowest BCUT2D eigenvalue weighted by molar-refractivity contribution is -0.128. The largest absolute Gasteiger partial charge is 0.490 e. The van der Waals surface area contributed by atoms with Crippen molar-refractivity contribution in [2.45, 2.75) is 46.6 Å². The van der Waals surface area contributed by atoms with Gasteiger partial charge in [0.05, 0.1) is 6.54 Å². The second-order valence-corrected chi connectivity index (χ2v) is 7.86. The monoisotopic (exact) mass is 502 g/mol. The molecule has 0 bridgehead atoms. The molecular weight excluding hydrogens is 467 g/mol. The first-order valence-corrected chi connectivity index (χ1v) is 9.93. The molecule has 0 aliphatic carbocycles. The predicted molar refractivity (Wildman–Crippen MR) is 126 cm³/mol. The van der Waals surface area contributed by atoms with Crippen molar-refractivity contribution in [2.24, 2.45) is 10.4 Å². The van der Waals surface area contributed by atoms with Gasteiger partial charge in [-0.2, -0.15) is 0 Å². The maximum Gasteiger partial charge on any atom is 0.225 e. The van der Waals surface area contributed by atoms with Gasteiger partial charge < -0.3 is 20.3 Å². The van der Waals surface area contributed by atoms with Crippen LogP contribution >= 0.6 is 24.0 Å². The normalized spacial score (nSPS) is 15.6. The molecule has 2 rings (SSSR count). The molecule has 1 fully saturated rings. The van der Waals surface area contributed by atoms with Crippen LogP contribution in [0.2, 0.25) is 0 Å². The number of amides is 1. The van der Waals surface area contributed by atoms with E-state index in [1.165, 1.54) is 0 Å². The fraction of sp³-hybridized carbons (Fsp3) is 0.619. The van der Waals surface area contributed by atoms with E-state index >= 15 is 0 Å². The van der Waals surface area contributed by atoms with Crippen LogP contribution in [0.5, 0.6) is 5.75 Å². The molecule has 0 spiro atoms. The Balaban J connectivity index is 0.00000392. The molecule has 1 saturated heterocycles. The molecule has 158 valence electrons. The topological polar surface area (TPSA) is 66.0 Å². The Morgan fingerprint density at radius 2 is 1.82 bits per heavy atom. The minimum Gasteiger partial charge on any atom is -0.490 e. The third-order valence-corrected chi connectivity index (χ3v) is 4.46. The standard InChI is InChI=1S/C21H34N4O2.HI/c1-5-22-20(24-14-13-23-19(26)21(2,3)4)25-15-11-18(12-16-25)27-17-9-7-6-8-10-17;/h6-10,18H,5,11-16H2,1-4H3,(H,22,24)(H,23,26);1H. The molecule has 1 aliphatic heterocycles. The number of likely N-dealkylation sites (tertiary alicyclic amines) is 1. The van der Waals surface area contributed by atoms with Crippen molar-refractivity contribution in [3.63, 3.8) is 0 Å². The van der Waals surface area contributed by atoms with E-state index in [9.17, 15) is 4.79 Å². The first-order valence-electron chi connectivity index (χ1n) is 9.93. The van der Waals surface area contributed by atoms with E-state index in [4.69, 9.17) is 4.74 Å². The van der Waals surface area contributed by atoms with Gasteiger partial charge in [0.1, 0.15) is 11.9 Å². The van der Waals surface area contributed by atoms with Crippen molar-refractivity contribution in [3.8, 4) is 5.75 Å². The maximum atomic E-state index is 11.9. The molecule has 1 aromatic rings. The fourth-order valence-electron chi connectivity index (χ4n) is 2.90. The van der Waals surface area contributed by atoms with Crippen LogP contribution in [-0.4, -0.2) is 55.6 Å². The molecule has 2 N–H and O–H groups in total. The van der Waals surface area contributed by atoms with Crippen molar-refractivity contribution in [3.05, 3.63) is 30.3 Å². The SMILES string of the molecule is CCNC(=NCCNC(=O)C(C)(C)C)N1CCC(Oc2ccccc2)CC1.I. The van der Waals surface area contributed by atoms with Crippen molar-refractivity contribution in [1.82, 2.24) is 15.5 Å². The van der Waals surface area contributed by atoms with Gasteiger partial charge >= 0.3 is 0 Å². The molecule has 6 nitrogen and oxygen atoms in total. The summed E-state index contributed by atoms with van der Waals surface area (Å²) in [6.45, 7) is 11.6. The lowest BCUT2D eigenvalue weighted by Gasteiger charge is -2.34. The molecule has 0 atom stereocenters. The van der Waals surface area contributed by atoms with E-state index in [-0.39, 0.29) is 41.4 Å². The molecular formula is C21H35IN4O2. The summed E-state index contributed by atoms with van der Waals surface area (Å²) in [5.41, 5.74) is -0.366. The molecule has 7 heteroatoms. The van der Waals surface area contributed by atoms with Gasteiger partial charge in [-0.25, -0.2) is 0 Å². The van der Waals surface area contributed by atoms with E-state index in [0.29, 0.717) is 13.1 Å². The molecule has 0 aromatic heterocycles. The lowest BCUT2D eigenvalue weighted by Crippen LogP contribution is -2.47. The molecule has 0 saturated carbocycles. The number of carbonyl (C=O) groups excluding carboxylic acids is 1. The third-order valence-electron chi connectivity index (χ3n) is 4.46. The number of carbonyl (C=O) groups is 1. The number of rotatable bonds is 6. The van der Waals surface area contributed by atoms with Gasteiger partial charge in [-0.1, -0.05) is 39.0 Å². The van der Waals surface area contributed by atoms with Gasteiger partial charge in [-0.15, -0.1) is 24.0 Å². The van der Waals surface area contributed by atoms with Crippen molar-refractivity contribution >= 4 is 35.8 Å². The van der Waals surface area contributed by atoms with Crippen LogP contribution in [-0.2, 0) is 4.79 Å². The highest BCUT2D eigenvalue weighted by molar-refractivity contribution is 14.0. The number of nitrogens with zero attached hydrogens (tertiary/aromatic N) is 2. The number of hydrogen-bond acceptors (Lipinski definition) is 3. The number of aliphatic imine (C=N–C) groups is 1. The van der Waals surface area contributed by atoms with Gasteiger partial charge in [0.2, 0.25) is 5.91 Å². The molecule has 0 unspecified atom stereocenters. The van der Waals surface area contributed by atoms with Crippen LogP contribution in [0.4, 0.5) is 0 Å². The van der Waals surface area contributed by atoms with E-state index < -0.39 is 0 Å². The quantitative estimate of drug-likeness (QED) is 0.271. The van der Waals surface area contributed by atoms with Crippen molar-refractivity contribution in [2.75, 3.05) is 32.7 Å². The average molecular weight is 502 g/mol. The van der Waals surface area contributed by atoms with E-state index in [0.717, 1.165) is 44.2 Å². The van der Waals surface area contributed by atoms with Crippen LogP contribution in [0.3, 0.4) is 0 Å². The Morgan fingerprint density at radius 1 is 1.18 bits per heavy atom. The van der Waals surface area contributed by atoms with Crippen molar-refractivity contribution < 1.29 is 9.53 Å². The zero-order valence-electron chi connectivity index (χ0n) is 17.5. The first-order chi connectivity index (χ1) is 12.9. The molecule has 28 heavy (non-hydrogen) atoms. The number of hydrogen-bond donors (Lipinski definition) is 2. The average Bonchev–Trinajstić information content (AvgIpc) is 2.65. The summed E-state index contributed by atoms with van der Waals surface area (Å²) < 4.78 is 6.07. The number of guanidine groups is 1. The highest BCUT2D eigenvalue weighted by Gasteiger charge is 2.23. The lowest BCUT2D eigenvalue weighted by atomic mass is 9.96. The highest BCUT2D eigenvalue weighted by Crippen LogP contribution is 2.18. The predicted octanol–water partition coefficient (Wildman–Crippen LogP) is 3.28. The van der Waals surface area contributed by atoms with E-state index in [1.54, 1.807) is 0 Å². The summed E-state index contributed by atoms with van der Waals surface area (Å²) in [4.78, 5) is 18.9. The number of ether oxygens (including phenoxy) is 1. The number of benzene rings is 1. The molecule has 1 aromatic carbocycles. The Morgan fingerprint density at radius 3 is 2.39 bits per heavy atom. The first kappa shape index (κ1) is 24.5. The summed E-state index contributed by atoms with van der Waals surface area (Å²) in [6, 6.07) is 10.0. The summed E-state index contributed by atoms with van der Waals surface area (Å²) in [5.74, 6) is 1.91. The second-order valence-electron chi connectivity index (χ2n) is 7.86. The highest BCUT2D eigenvalue weighted by atomic mass is 127. The number of halogens is 1. The minimum absolute atomic E-state index is 0. The van der Waals surface area contributed by atoms with Crippen LogP contribution in [0.15, 0.2) is 35.3 Å². The number of piperidine rings is 1.